The van der Waals surface area contributed by atoms with E-state index in [2.05, 4.69) is 10.3 Å². The van der Waals surface area contributed by atoms with Gasteiger partial charge in [0.2, 0.25) is 5.91 Å². The fourth-order valence-corrected chi connectivity index (χ4v) is 1.97. The van der Waals surface area contributed by atoms with Gasteiger partial charge in [0.15, 0.2) is 16.8 Å². The molecular formula is C11H8F3N3OS. The van der Waals surface area contributed by atoms with E-state index in [-0.39, 0.29) is 6.42 Å². The Kier molecular flexibility index (Phi) is 3.70. The molecule has 19 heavy (non-hydrogen) atoms. The smallest absolute Gasteiger partial charge is 0.230 e. The molecule has 4 nitrogen and oxygen atoms in total. The second-order valence-corrected chi connectivity index (χ2v) is 4.54. The number of rotatable bonds is 3. The number of carbonyl (C=O) groups is 1. The first-order valence-electron chi connectivity index (χ1n) is 5.10. The molecule has 0 fully saturated rings. The first-order chi connectivity index (χ1) is 8.95. The molecule has 0 saturated heterocycles. The van der Waals surface area contributed by atoms with E-state index in [1.807, 2.05) is 0 Å². The van der Waals surface area contributed by atoms with E-state index in [1.165, 1.54) is 0 Å². The SMILES string of the molecule is Nc1nc(CC(=O)Nc2cc(F)cc(F)c2F)cs1. The van der Waals surface area contributed by atoms with Crippen LogP contribution in [0.15, 0.2) is 17.5 Å². The summed E-state index contributed by atoms with van der Waals surface area (Å²) >= 11 is 1.15. The number of halogens is 3. The average Bonchev–Trinajstić information content (AvgIpc) is 2.70. The Morgan fingerprint density at radius 2 is 2.11 bits per heavy atom. The Labute approximate surface area is 110 Å². The van der Waals surface area contributed by atoms with E-state index in [0.717, 1.165) is 11.3 Å². The van der Waals surface area contributed by atoms with Crippen molar-refractivity contribution in [2.45, 2.75) is 6.42 Å². The monoisotopic (exact) mass is 287 g/mol. The molecule has 0 saturated carbocycles. The summed E-state index contributed by atoms with van der Waals surface area (Å²) in [6, 6.07) is 1.10. The van der Waals surface area contributed by atoms with Crippen LogP contribution in [0.1, 0.15) is 5.69 Å². The lowest BCUT2D eigenvalue weighted by atomic mass is 10.2. The molecule has 0 spiro atoms. The lowest BCUT2D eigenvalue weighted by Gasteiger charge is -2.06. The van der Waals surface area contributed by atoms with Gasteiger partial charge in [-0.25, -0.2) is 18.2 Å². The molecule has 0 radical (unpaired) electrons. The minimum absolute atomic E-state index is 0.161. The van der Waals surface area contributed by atoms with Crippen molar-refractivity contribution in [2.24, 2.45) is 0 Å². The van der Waals surface area contributed by atoms with Crippen molar-refractivity contribution in [3.63, 3.8) is 0 Å². The molecular weight excluding hydrogens is 279 g/mol. The van der Waals surface area contributed by atoms with Gasteiger partial charge < -0.3 is 11.1 Å². The fraction of sp³-hybridized carbons (Fsp3) is 0.0909. The number of hydrogen-bond acceptors (Lipinski definition) is 4. The van der Waals surface area contributed by atoms with Crippen molar-refractivity contribution in [1.29, 1.82) is 0 Å². The van der Waals surface area contributed by atoms with Gasteiger partial charge in [-0.2, -0.15) is 0 Å². The van der Waals surface area contributed by atoms with E-state index in [9.17, 15) is 18.0 Å². The molecule has 0 aliphatic carbocycles. The molecule has 100 valence electrons. The summed E-state index contributed by atoms with van der Waals surface area (Å²) in [4.78, 5) is 15.4. The third-order valence-corrected chi connectivity index (χ3v) is 2.90. The molecule has 0 bridgehead atoms. The van der Waals surface area contributed by atoms with Gasteiger partial charge in [0, 0.05) is 17.5 Å². The second-order valence-electron chi connectivity index (χ2n) is 3.65. The van der Waals surface area contributed by atoms with Crippen LogP contribution in [-0.2, 0) is 11.2 Å². The molecule has 0 aliphatic rings. The van der Waals surface area contributed by atoms with E-state index in [4.69, 9.17) is 5.73 Å². The maximum atomic E-state index is 13.3. The zero-order valence-corrected chi connectivity index (χ0v) is 10.2. The van der Waals surface area contributed by atoms with Gasteiger partial charge in [-0.1, -0.05) is 0 Å². The van der Waals surface area contributed by atoms with E-state index >= 15 is 0 Å². The molecule has 0 unspecified atom stereocenters. The molecule has 3 N–H and O–H groups in total. The predicted octanol–water partition coefficient (Wildman–Crippen LogP) is 2.32. The van der Waals surface area contributed by atoms with Gasteiger partial charge in [-0.05, 0) is 0 Å². The van der Waals surface area contributed by atoms with Crippen LogP contribution in [0.25, 0.3) is 0 Å². The summed E-state index contributed by atoms with van der Waals surface area (Å²) in [5, 5.41) is 3.94. The number of benzene rings is 1. The van der Waals surface area contributed by atoms with Crippen molar-refractivity contribution in [1.82, 2.24) is 4.98 Å². The highest BCUT2D eigenvalue weighted by Gasteiger charge is 2.14. The number of aromatic nitrogens is 1. The molecule has 1 heterocycles. The number of nitrogens with zero attached hydrogens (tertiary/aromatic N) is 1. The molecule has 1 amide bonds. The van der Waals surface area contributed by atoms with Crippen LogP contribution in [0.3, 0.4) is 0 Å². The number of nitrogens with two attached hydrogens (primary N) is 1. The minimum atomic E-state index is -1.37. The molecule has 8 heteroatoms. The topological polar surface area (TPSA) is 68.0 Å². The molecule has 2 rings (SSSR count). The highest BCUT2D eigenvalue weighted by molar-refractivity contribution is 7.13. The van der Waals surface area contributed by atoms with E-state index < -0.39 is 29.0 Å². The largest absolute Gasteiger partial charge is 0.375 e. The number of amides is 1. The zero-order chi connectivity index (χ0) is 14.0. The normalized spacial score (nSPS) is 10.5. The second kappa shape index (κ2) is 5.27. The van der Waals surface area contributed by atoms with Crippen LogP contribution in [0.2, 0.25) is 0 Å². The van der Waals surface area contributed by atoms with Crippen molar-refractivity contribution in [3.05, 3.63) is 40.7 Å². The maximum Gasteiger partial charge on any atom is 0.230 e. The number of anilines is 2. The zero-order valence-electron chi connectivity index (χ0n) is 9.41. The van der Waals surface area contributed by atoms with Crippen LogP contribution in [-0.4, -0.2) is 10.9 Å². The predicted molar refractivity (Wildman–Crippen MR) is 65.2 cm³/mol. The van der Waals surface area contributed by atoms with Gasteiger partial charge >= 0.3 is 0 Å². The maximum absolute atomic E-state index is 13.3. The van der Waals surface area contributed by atoms with Crippen LogP contribution in [0.5, 0.6) is 0 Å². The number of nitrogen functional groups attached to an aromatic ring is 1. The lowest BCUT2D eigenvalue weighted by molar-refractivity contribution is -0.115. The number of carbonyl (C=O) groups excluding carboxylic acids is 1. The third-order valence-electron chi connectivity index (χ3n) is 2.18. The number of nitrogens with one attached hydrogen (secondary N) is 1. The van der Waals surface area contributed by atoms with Gasteiger partial charge in [0.25, 0.3) is 0 Å². The summed E-state index contributed by atoms with van der Waals surface area (Å²) in [7, 11) is 0. The summed E-state index contributed by atoms with van der Waals surface area (Å²) in [6.07, 6.45) is -0.161. The van der Waals surface area contributed by atoms with Gasteiger partial charge in [-0.15, -0.1) is 11.3 Å². The van der Waals surface area contributed by atoms with Crippen LogP contribution in [0.4, 0.5) is 24.0 Å². The van der Waals surface area contributed by atoms with E-state index in [0.29, 0.717) is 23.0 Å². The summed E-state index contributed by atoms with van der Waals surface area (Å²) in [5.41, 5.74) is 5.24. The standard InChI is InChI=1S/C11H8F3N3OS/c12-5-1-7(13)10(14)8(2-5)17-9(18)3-6-4-19-11(15)16-6/h1-2,4H,3H2,(H2,15,16)(H,17,18). The average molecular weight is 287 g/mol. The Morgan fingerprint density at radius 3 is 2.74 bits per heavy atom. The van der Waals surface area contributed by atoms with Gasteiger partial charge in [-0.3, -0.25) is 4.79 Å². The van der Waals surface area contributed by atoms with Crippen molar-refractivity contribution >= 4 is 28.1 Å². The number of hydrogen-bond donors (Lipinski definition) is 2. The molecule has 1 aromatic carbocycles. The number of thiazole rings is 1. The molecule has 0 atom stereocenters. The minimum Gasteiger partial charge on any atom is -0.375 e. The molecule has 2 aromatic rings. The summed E-state index contributed by atoms with van der Waals surface area (Å²) < 4.78 is 39.1. The Bertz CT molecular complexity index is 630. The third kappa shape index (κ3) is 3.22. The van der Waals surface area contributed by atoms with Crippen molar-refractivity contribution in [2.75, 3.05) is 11.1 Å². The van der Waals surface area contributed by atoms with Crippen molar-refractivity contribution < 1.29 is 18.0 Å². The summed E-state index contributed by atoms with van der Waals surface area (Å²) in [5.74, 6) is -4.30. The Hall–Kier alpha value is -2.09. The van der Waals surface area contributed by atoms with Crippen LogP contribution in [0, 0.1) is 17.5 Å². The Morgan fingerprint density at radius 1 is 1.37 bits per heavy atom. The van der Waals surface area contributed by atoms with Crippen molar-refractivity contribution in [3.8, 4) is 0 Å². The molecule has 0 aliphatic heterocycles. The summed E-state index contributed by atoms with van der Waals surface area (Å²) in [6.45, 7) is 0. The van der Waals surface area contributed by atoms with E-state index in [1.54, 1.807) is 5.38 Å². The van der Waals surface area contributed by atoms with Crippen LogP contribution < -0.4 is 11.1 Å². The van der Waals surface area contributed by atoms with Gasteiger partial charge in [0.05, 0.1) is 17.8 Å². The van der Waals surface area contributed by atoms with Crippen LogP contribution >= 0.6 is 11.3 Å². The van der Waals surface area contributed by atoms with Gasteiger partial charge in [0.1, 0.15) is 5.82 Å². The highest BCUT2D eigenvalue weighted by Crippen LogP contribution is 2.19. The Balaban J connectivity index is 2.11. The lowest BCUT2D eigenvalue weighted by Crippen LogP contribution is -2.16. The highest BCUT2D eigenvalue weighted by atomic mass is 32.1. The quantitative estimate of drug-likeness (QED) is 0.851. The first-order valence-corrected chi connectivity index (χ1v) is 5.98. The fourth-order valence-electron chi connectivity index (χ4n) is 1.41. The first kappa shape index (κ1) is 13.3. The molecule has 1 aromatic heterocycles.